The predicted molar refractivity (Wildman–Crippen MR) is 87.5 cm³/mol. The van der Waals surface area contributed by atoms with E-state index in [0.29, 0.717) is 6.04 Å². The molecule has 0 aromatic carbocycles. The quantitative estimate of drug-likeness (QED) is 0.378. The zero-order valence-electron chi connectivity index (χ0n) is 12.4. The largest absolute Gasteiger partial charge is 0.409 e. The van der Waals surface area contributed by atoms with Crippen molar-refractivity contribution in [2.45, 2.75) is 38.6 Å². The minimum absolute atomic E-state index is 0.163. The maximum absolute atomic E-state index is 9.09. The molecular weight excluding hydrogens is 284 g/mol. The molecule has 1 aromatic rings. The van der Waals surface area contributed by atoms with Crippen LogP contribution in [0.15, 0.2) is 11.2 Å². The lowest BCUT2D eigenvalue weighted by atomic mass is 9.94. The molecule has 0 amide bonds. The van der Waals surface area contributed by atoms with Gasteiger partial charge in [-0.3, -0.25) is 0 Å². The van der Waals surface area contributed by atoms with Crippen molar-refractivity contribution in [2.75, 3.05) is 23.0 Å². The Kier molecular flexibility index (Phi) is 4.24. The van der Waals surface area contributed by atoms with E-state index >= 15 is 0 Å². The molecule has 1 aliphatic heterocycles. The number of hydrogen-bond acceptors (Lipinski definition) is 5. The van der Waals surface area contributed by atoms with Gasteiger partial charge in [0.15, 0.2) is 5.84 Å². The summed E-state index contributed by atoms with van der Waals surface area (Å²) in [6, 6.07) is 2.50. The number of hydrogen-bond donors (Lipinski definition) is 2. The maximum Gasteiger partial charge on any atom is 0.173 e. The molecule has 114 valence electrons. The second-order valence-electron chi connectivity index (χ2n) is 5.78. The molecule has 1 atom stereocenters. The van der Waals surface area contributed by atoms with Crippen LogP contribution in [-0.4, -0.2) is 40.1 Å². The first-order chi connectivity index (χ1) is 10.2. The number of thioether (sulfide) groups is 1. The normalized spacial score (nSPS) is 23.0. The number of nitrogens with two attached hydrogens (primary N) is 1. The maximum atomic E-state index is 9.09. The molecule has 1 aromatic heterocycles. The Morgan fingerprint density at radius 1 is 1.48 bits per heavy atom. The van der Waals surface area contributed by atoms with Crippen LogP contribution in [0, 0.1) is 0 Å². The number of rotatable bonds is 2. The van der Waals surface area contributed by atoms with E-state index in [2.05, 4.69) is 23.0 Å². The van der Waals surface area contributed by atoms with E-state index < -0.39 is 0 Å². The van der Waals surface area contributed by atoms with Crippen LogP contribution in [-0.2, 0) is 12.8 Å². The van der Waals surface area contributed by atoms with Gasteiger partial charge in [-0.25, -0.2) is 4.98 Å². The second-order valence-corrected chi connectivity index (χ2v) is 6.92. The summed E-state index contributed by atoms with van der Waals surface area (Å²) in [6.07, 6.45) is 4.48. The Morgan fingerprint density at radius 3 is 3.05 bits per heavy atom. The highest BCUT2D eigenvalue weighted by Gasteiger charge is 2.26. The molecule has 2 aliphatic rings. The highest BCUT2D eigenvalue weighted by Crippen LogP contribution is 2.30. The van der Waals surface area contributed by atoms with E-state index in [-0.39, 0.29) is 5.84 Å². The standard InChI is InChI=1S/C15H22N4OS/c1-10-9-21-7-6-19(10)15-12(14(16)18-20)8-11-4-2-3-5-13(11)17-15/h8,10,20H,2-7,9H2,1H3,(H2,16,18). The first kappa shape index (κ1) is 14.5. The molecule has 0 radical (unpaired) electrons. The summed E-state index contributed by atoms with van der Waals surface area (Å²) in [6.45, 7) is 3.17. The number of aryl methyl sites for hydroxylation is 2. The summed E-state index contributed by atoms with van der Waals surface area (Å²) >= 11 is 1.97. The fourth-order valence-electron chi connectivity index (χ4n) is 3.13. The summed E-state index contributed by atoms with van der Waals surface area (Å²) in [5.74, 6) is 3.24. The van der Waals surface area contributed by atoms with Crippen LogP contribution < -0.4 is 10.6 Å². The Hall–Kier alpha value is -1.43. The first-order valence-electron chi connectivity index (χ1n) is 7.55. The van der Waals surface area contributed by atoms with Crippen LogP contribution in [0.5, 0.6) is 0 Å². The Balaban J connectivity index is 2.07. The summed E-state index contributed by atoms with van der Waals surface area (Å²) in [4.78, 5) is 7.21. The van der Waals surface area contributed by atoms with Crippen molar-refractivity contribution in [3.63, 3.8) is 0 Å². The van der Waals surface area contributed by atoms with Gasteiger partial charge in [0.25, 0.3) is 0 Å². The van der Waals surface area contributed by atoms with Crippen molar-refractivity contribution >= 4 is 23.4 Å². The Labute approximate surface area is 129 Å². The number of nitrogens with zero attached hydrogens (tertiary/aromatic N) is 3. The number of pyridine rings is 1. The third-order valence-electron chi connectivity index (χ3n) is 4.30. The number of oxime groups is 1. The second kappa shape index (κ2) is 6.13. The molecule has 21 heavy (non-hydrogen) atoms. The van der Waals surface area contributed by atoms with E-state index in [0.717, 1.165) is 42.3 Å². The van der Waals surface area contributed by atoms with Gasteiger partial charge in [0, 0.05) is 29.8 Å². The van der Waals surface area contributed by atoms with Gasteiger partial charge in [-0.2, -0.15) is 11.8 Å². The van der Waals surface area contributed by atoms with Gasteiger partial charge < -0.3 is 15.8 Å². The summed E-state index contributed by atoms with van der Waals surface area (Å²) in [7, 11) is 0. The molecule has 5 nitrogen and oxygen atoms in total. The summed E-state index contributed by atoms with van der Waals surface area (Å²) in [5, 5.41) is 12.3. The van der Waals surface area contributed by atoms with Crippen molar-refractivity contribution in [3.8, 4) is 0 Å². The monoisotopic (exact) mass is 306 g/mol. The van der Waals surface area contributed by atoms with Crippen LogP contribution in [0.2, 0.25) is 0 Å². The Morgan fingerprint density at radius 2 is 2.29 bits per heavy atom. The number of anilines is 1. The molecule has 1 unspecified atom stereocenters. The summed E-state index contributed by atoms with van der Waals surface area (Å²) < 4.78 is 0. The first-order valence-corrected chi connectivity index (χ1v) is 8.71. The van der Waals surface area contributed by atoms with Crippen molar-refractivity contribution in [3.05, 3.63) is 22.9 Å². The molecule has 0 bridgehead atoms. The summed E-state index contributed by atoms with van der Waals surface area (Å²) in [5.41, 5.74) is 9.13. The zero-order valence-corrected chi connectivity index (χ0v) is 13.2. The van der Waals surface area contributed by atoms with Gasteiger partial charge in [-0.05, 0) is 44.2 Å². The van der Waals surface area contributed by atoms with Crippen LogP contribution in [0.1, 0.15) is 36.6 Å². The van der Waals surface area contributed by atoms with Gasteiger partial charge in [-0.1, -0.05) is 5.16 Å². The van der Waals surface area contributed by atoms with E-state index in [1.807, 2.05) is 11.8 Å². The number of fused-ring (bicyclic) bond motifs is 1. The molecule has 0 saturated carbocycles. The van der Waals surface area contributed by atoms with Crippen LogP contribution in [0.25, 0.3) is 0 Å². The SMILES string of the molecule is CC1CSCCN1c1nc2c(cc1C(N)=NO)CCCC2. The van der Waals surface area contributed by atoms with Crippen LogP contribution in [0.3, 0.4) is 0 Å². The van der Waals surface area contributed by atoms with E-state index in [1.165, 1.54) is 24.1 Å². The third kappa shape index (κ3) is 2.81. The molecule has 1 aliphatic carbocycles. The van der Waals surface area contributed by atoms with Gasteiger partial charge >= 0.3 is 0 Å². The molecule has 3 rings (SSSR count). The molecule has 0 spiro atoms. The Bertz CT molecular complexity index is 561. The highest BCUT2D eigenvalue weighted by molar-refractivity contribution is 7.99. The van der Waals surface area contributed by atoms with Crippen LogP contribution >= 0.6 is 11.8 Å². The van der Waals surface area contributed by atoms with Crippen molar-refractivity contribution < 1.29 is 5.21 Å². The molecule has 3 N–H and O–H groups in total. The lowest BCUT2D eigenvalue weighted by Crippen LogP contribution is -2.42. The van der Waals surface area contributed by atoms with Gasteiger partial charge in [0.05, 0.1) is 5.56 Å². The zero-order chi connectivity index (χ0) is 14.8. The van der Waals surface area contributed by atoms with Crippen molar-refractivity contribution in [1.82, 2.24) is 4.98 Å². The smallest absolute Gasteiger partial charge is 0.173 e. The number of aromatic nitrogens is 1. The van der Waals surface area contributed by atoms with Gasteiger partial charge in [0.2, 0.25) is 0 Å². The van der Waals surface area contributed by atoms with Crippen molar-refractivity contribution in [1.29, 1.82) is 0 Å². The minimum Gasteiger partial charge on any atom is -0.409 e. The van der Waals surface area contributed by atoms with E-state index in [1.54, 1.807) is 0 Å². The molecule has 2 heterocycles. The lowest BCUT2D eigenvalue weighted by molar-refractivity contribution is 0.318. The lowest BCUT2D eigenvalue weighted by Gasteiger charge is -2.36. The average molecular weight is 306 g/mol. The highest BCUT2D eigenvalue weighted by atomic mass is 32.2. The van der Waals surface area contributed by atoms with Gasteiger partial charge in [0.1, 0.15) is 5.82 Å². The predicted octanol–water partition coefficient (Wildman–Crippen LogP) is 2.00. The molecule has 1 fully saturated rings. The molecular formula is C15H22N4OS. The van der Waals surface area contributed by atoms with Crippen LogP contribution in [0.4, 0.5) is 5.82 Å². The number of amidine groups is 1. The van der Waals surface area contributed by atoms with Crippen molar-refractivity contribution in [2.24, 2.45) is 10.9 Å². The van der Waals surface area contributed by atoms with Gasteiger partial charge in [-0.15, -0.1) is 0 Å². The molecule has 6 heteroatoms. The fourth-order valence-corrected chi connectivity index (χ4v) is 4.14. The third-order valence-corrected chi connectivity index (χ3v) is 5.49. The average Bonchev–Trinajstić information content (AvgIpc) is 2.53. The van der Waals surface area contributed by atoms with E-state index in [9.17, 15) is 0 Å². The minimum atomic E-state index is 0.163. The fraction of sp³-hybridized carbons (Fsp3) is 0.600. The molecule has 1 saturated heterocycles. The van der Waals surface area contributed by atoms with E-state index in [4.69, 9.17) is 15.9 Å². The topological polar surface area (TPSA) is 74.7 Å².